The molecule has 48 heavy (non-hydrogen) atoms. The van der Waals surface area contributed by atoms with Gasteiger partial charge in [-0.1, -0.05) is 79.7 Å². The lowest BCUT2D eigenvalue weighted by atomic mass is 10.1. The molecule has 1 aromatic heterocycles. The zero-order chi connectivity index (χ0) is 33.9. The summed E-state index contributed by atoms with van der Waals surface area (Å²) in [6, 6.07) is 33.2. The van der Waals surface area contributed by atoms with Crippen LogP contribution in [0.2, 0.25) is 0 Å². The molecule has 0 aliphatic heterocycles. The fourth-order valence-corrected chi connectivity index (χ4v) is 6.67. The lowest BCUT2D eigenvalue weighted by Crippen LogP contribution is -2.30. The largest absolute Gasteiger partial charge is 0.493 e. The van der Waals surface area contributed by atoms with Gasteiger partial charge in [-0.2, -0.15) is 0 Å². The van der Waals surface area contributed by atoms with E-state index in [2.05, 4.69) is 20.9 Å². The molecule has 0 saturated carbocycles. The normalized spacial score (nSPS) is 11.8. The van der Waals surface area contributed by atoms with Crippen LogP contribution in [0.1, 0.15) is 41.1 Å². The molecule has 3 amide bonds. The Morgan fingerprint density at radius 1 is 0.875 bits per heavy atom. The van der Waals surface area contributed by atoms with Crippen molar-refractivity contribution >= 4 is 57.7 Å². The van der Waals surface area contributed by atoms with E-state index in [0.29, 0.717) is 40.7 Å². The molecule has 10 heteroatoms. The van der Waals surface area contributed by atoms with Crippen LogP contribution in [-0.2, 0) is 9.59 Å². The predicted molar refractivity (Wildman–Crippen MR) is 195 cm³/mol. The average molecular weight is 677 g/mol. The number of nitrogens with one attached hydrogen (secondary N) is 3. The summed E-state index contributed by atoms with van der Waals surface area (Å²) in [7, 11) is 0. The highest BCUT2D eigenvalue weighted by molar-refractivity contribution is 8.00. The van der Waals surface area contributed by atoms with Crippen LogP contribution >= 0.6 is 23.1 Å². The van der Waals surface area contributed by atoms with Gasteiger partial charge in [0.1, 0.15) is 11.4 Å². The van der Waals surface area contributed by atoms with Gasteiger partial charge in [0.25, 0.3) is 11.8 Å². The van der Waals surface area contributed by atoms with E-state index in [1.165, 1.54) is 23.1 Å². The van der Waals surface area contributed by atoms with E-state index < -0.39 is 17.1 Å². The van der Waals surface area contributed by atoms with Crippen molar-refractivity contribution in [3.05, 3.63) is 131 Å². The summed E-state index contributed by atoms with van der Waals surface area (Å²) < 4.78 is 5.75. The van der Waals surface area contributed by atoms with Gasteiger partial charge in [-0.05, 0) is 62.7 Å². The maximum Gasteiger partial charge on any atom is 0.272 e. The van der Waals surface area contributed by atoms with Crippen molar-refractivity contribution in [2.24, 2.45) is 0 Å². The molecule has 4 aromatic carbocycles. The van der Waals surface area contributed by atoms with Crippen molar-refractivity contribution in [3.8, 4) is 17.0 Å². The minimum atomic E-state index is -0.508. The Balaban J connectivity index is 1.31. The molecule has 0 radical (unpaired) electrons. The van der Waals surface area contributed by atoms with E-state index in [1.54, 1.807) is 36.4 Å². The number of aromatic nitrogens is 1. The van der Waals surface area contributed by atoms with Crippen LogP contribution in [0.5, 0.6) is 5.75 Å². The number of carbonyl (C=O) groups excluding carboxylic acids is 3. The lowest BCUT2D eigenvalue weighted by molar-refractivity contribution is -0.116. The van der Waals surface area contributed by atoms with Crippen LogP contribution in [0.25, 0.3) is 17.3 Å². The van der Waals surface area contributed by atoms with Gasteiger partial charge in [-0.25, -0.2) is 4.98 Å². The number of thioether (sulfide) groups is 1. The van der Waals surface area contributed by atoms with Crippen LogP contribution < -0.4 is 20.7 Å². The molecule has 1 unspecified atom stereocenters. The Hall–Kier alpha value is -5.19. The molecule has 8 nitrogen and oxygen atoms in total. The first kappa shape index (κ1) is 34.2. The highest BCUT2D eigenvalue weighted by atomic mass is 32.2. The SMILES string of the molecule is CCOc1ccccc1/C=C(/NC(=O)c1ccccc1)C(=O)Nc1cccc(SC(CC)C(=O)Nc2nc(-c3ccccc3)c(C)s2)c1. The molecule has 0 aliphatic rings. The van der Waals surface area contributed by atoms with Crippen molar-refractivity contribution in [2.45, 2.75) is 37.3 Å². The molecular weight excluding hydrogens is 641 g/mol. The Bertz CT molecular complexity index is 1910. The second-order valence-electron chi connectivity index (χ2n) is 10.6. The number of benzene rings is 4. The Morgan fingerprint density at radius 2 is 1.58 bits per heavy atom. The summed E-state index contributed by atoms with van der Waals surface area (Å²) in [6.45, 7) is 6.28. The molecule has 0 aliphatic carbocycles. The molecule has 1 atom stereocenters. The zero-order valence-corrected chi connectivity index (χ0v) is 28.5. The second kappa shape index (κ2) is 16.6. The number of ether oxygens (including phenoxy) is 1. The van der Waals surface area contributed by atoms with E-state index in [0.717, 1.165) is 21.0 Å². The summed E-state index contributed by atoms with van der Waals surface area (Å²) in [5.41, 5.74) is 3.48. The highest BCUT2D eigenvalue weighted by Crippen LogP contribution is 2.32. The number of nitrogens with zero attached hydrogens (tertiary/aromatic N) is 1. The third-order valence-electron chi connectivity index (χ3n) is 7.15. The molecule has 3 N–H and O–H groups in total. The molecule has 0 fully saturated rings. The van der Waals surface area contributed by atoms with Crippen LogP contribution in [0.15, 0.2) is 120 Å². The van der Waals surface area contributed by atoms with Crippen LogP contribution in [0.3, 0.4) is 0 Å². The minimum absolute atomic E-state index is 0.0495. The van der Waals surface area contributed by atoms with Crippen molar-refractivity contribution in [1.29, 1.82) is 0 Å². The number of hydrogen-bond acceptors (Lipinski definition) is 7. The molecule has 1 heterocycles. The Kier molecular flexibility index (Phi) is 11.8. The monoisotopic (exact) mass is 676 g/mol. The number of para-hydroxylation sites is 1. The number of hydrogen-bond donors (Lipinski definition) is 3. The van der Waals surface area contributed by atoms with Crippen molar-refractivity contribution in [3.63, 3.8) is 0 Å². The molecule has 244 valence electrons. The first-order valence-corrected chi connectivity index (χ1v) is 17.3. The van der Waals surface area contributed by atoms with Gasteiger partial charge in [0.2, 0.25) is 5.91 Å². The predicted octanol–water partition coefficient (Wildman–Crippen LogP) is 8.44. The molecule has 5 aromatic rings. The van der Waals surface area contributed by atoms with Gasteiger partial charge in [-0.15, -0.1) is 23.1 Å². The molecule has 0 spiro atoms. The van der Waals surface area contributed by atoms with Crippen LogP contribution in [0, 0.1) is 6.92 Å². The number of thiazole rings is 1. The van der Waals surface area contributed by atoms with Gasteiger partial charge in [-0.3, -0.25) is 14.4 Å². The highest BCUT2D eigenvalue weighted by Gasteiger charge is 2.21. The Morgan fingerprint density at radius 3 is 2.31 bits per heavy atom. The summed E-state index contributed by atoms with van der Waals surface area (Å²) in [5, 5.41) is 8.84. The molecule has 0 bridgehead atoms. The quantitative estimate of drug-likeness (QED) is 0.0853. The van der Waals surface area contributed by atoms with Gasteiger partial charge < -0.3 is 20.7 Å². The first-order chi connectivity index (χ1) is 23.3. The number of amides is 3. The van der Waals surface area contributed by atoms with Crippen molar-refractivity contribution in [2.75, 3.05) is 17.2 Å². The van der Waals surface area contributed by atoms with E-state index in [1.807, 2.05) is 99.6 Å². The number of aryl methyl sites for hydroxylation is 1. The van der Waals surface area contributed by atoms with Crippen LogP contribution in [0.4, 0.5) is 10.8 Å². The minimum Gasteiger partial charge on any atom is -0.493 e. The molecule has 0 saturated heterocycles. The van der Waals surface area contributed by atoms with E-state index in [9.17, 15) is 14.4 Å². The summed E-state index contributed by atoms with van der Waals surface area (Å²) in [5.74, 6) is -0.484. The number of anilines is 2. The lowest BCUT2D eigenvalue weighted by Gasteiger charge is -2.15. The fraction of sp³-hybridized carbons (Fsp3) is 0.158. The third kappa shape index (κ3) is 8.99. The van der Waals surface area contributed by atoms with E-state index >= 15 is 0 Å². The fourth-order valence-electron chi connectivity index (χ4n) is 4.82. The third-order valence-corrected chi connectivity index (χ3v) is 9.40. The first-order valence-electron chi connectivity index (χ1n) is 15.6. The van der Waals surface area contributed by atoms with E-state index in [4.69, 9.17) is 4.74 Å². The number of rotatable bonds is 13. The molecule has 5 rings (SSSR count). The van der Waals surface area contributed by atoms with Crippen molar-refractivity contribution in [1.82, 2.24) is 10.3 Å². The van der Waals surface area contributed by atoms with Gasteiger partial charge in [0.05, 0.1) is 17.6 Å². The second-order valence-corrected chi connectivity index (χ2v) is 13.1. The van der Waals surface area contributed by atoms with Gasteiger partial charge in [0.15, 0.2) is 5.13 Å². The van der Waals surface area contributed by atoms with Crippen LogP contribution in [-0.4, -0.2) is 34.6 Å². The van der Waals surface area contributed by atoms with E-state index in [-0.39, 0.29) is 11.6 Å². The maximum atomic E-state index is 13.7. The Labute approximate surface area is 288 Å². The summed E-state index contributed by atoms with van der Waals surface area (Å²) >= 11 is 2.85. The zero-order valence-electron chi connectivity index (χ0n) is 26.9. The average Bonchev–Trinajstić information content (AvgIpc) is 3.47. The topological polar surface area (TPSA) is 109 Å². The number of carbonyl (C=O) groups is 3. The summed E-state index contributed by atoms with van der Waals surface area (Å²) in [6.07, 6.45) is 2.18. The summed E-state index contributed by atoms with van der Waals surface area (Å²) in [4.78, 5) is 46.6. The molecular formula is C38H36N4O4S2. The maximum absolute atomic E-state index is 13.7. The standard InChI is InChI=1S/C38H36N4O4S2/c1-4-33(37(45)42-38-41-34(25(3)47-38)26-15-8-6-9-16-26)48-30-21-14-20-29(24-30)39-36(44)31(40-35(43)27-17-10-7-11-18-27)23-28-19-12-13-22-32(28)46-5-2/h6-24,33H,4-5H2,1-3H3,(H,39,44)(H,40,43)(H,41,42,45)/b31-23+. The van der Waals surface area contributed by atoms with Gasteiger partial charge in [0, 0.05) is 32.2 Å². The van der Waals surface area contributed by atoms with Gasteiger partial charge >= 0.3 is 0 Å². The van der Waals surface area contributed by atoms with Crippen molar-refractivity contribution < 1.29 is 19.1 Å². The smallest absolute Gasteiger partial charge is 0.272 e.